The maximum atomic E-state index is 12.0. The quantitative estimate of drug-likeness (QED) is 0.729. The number of nitrogens with one attached hydrogen (secondary N) is 3. The molecule has 0 heterocycles. The van der Waals surface area contributed by atoms with Crippen molar-refractivity contribution < 1.29 is 14.4 Å². The van der Waals surface area contributed by atoms with Gasteiger partial charge in [0, 0.05) is 24.1 Å². The minimum Gasteiger partial charge on any atom is -0.326 e. The van der Waals surface area contributed by atoms with E-state index in [4.69, 9.17) is 0 Å². The number of amides is 3. The van der Waals surface area contributed by atoms with Gasteiger partial charge in [0.05, 0.1) is 0 Å². The molecule has 0 radical (unpaired) electrons. The van der Waals surface area contributed by atoms with Crippen LogP contribution in [0.3, 0.4) is 0 Å². The molecule has 23 heavy (non-hydrogen) atoms. The summed E-state index contributed by atoms with van der Waals surface area (Å²) in [6.45, 7) is 1.77. The van der Waals surface area contributed by atoms with Crippen molar-refractivity contribution >= 4 is 23.4 Å². The van der Waals surface area contributed by atoms with Crippen LogP contribution in [0.5, 0.6) is 0 Å². The Bertz CT molecular complexity index is 563. The third-order valence-electron chi connectivity index (χ3n) is 4.02. The first kappa shape index (κ1) is 17.0. The third-order valence-corrected chi connectivity index (χ3v) is 4.02. The van der Waals surface area contributed by atoms with Gasteiger partial charge in [-0.2, -0.15) is 0 Å². The summed E-state index contributed by atoms with van der Waals surface area (Å²) in [4.78, 5) is 35.0. The van der Waals surface area contributed by atoms with E-state index in [-0.39, 0.29) is 17.7 Å². The van der Waals surface area contributed by atoms with Crippen LogP contribution in [0.2, 0.25) is 0 Å². The van der Waals surface area contributed by atoms with Crippen molar-refractivity contribution in [3.63, 3.8) is 0 Å². The number of anilines is 1. The first-order chi connectivity index (χ1) is 11.1. The fraction of sp³-hybridized carbons (Fsp3) is 0.471. The van der Waals surface area contributed by atoms with Crippen LogP contribution in [-0.2, 0) is 9.59 Å². The summed E-state index contributed by atoms with van der Waals surface area (Å²) >= 11 is 0. The summed E-state index contributed by atoms with van der Waals surface area (Å²) < 4.78 is 0. The van der Waals surface area contributed by atoms with Crippen molar-refractivity contribution in [2.75, 3.05) is 5.32 Å². The molecule has 1 saturated carbocycles. The first-order valence-corrected chi connectivity index (χ1v) is 8.07. The molecular weight excluding hydrogens is 294 g/mol. The van der Waals surface area contributed by atoms with Gasteiger partial charge < -0.3 is 5.32 Å². The molecule has 1 aromatic rings. The molecule has 2 rings (SSSR count). The molecule has 1 aliphatic carbocycles. The van der Waals surface area contributed by atoms with Crippen molar-refractivity contribution in [1.29, 1.82) is 0 Å². The molecule has 6 heteroatoms. The molecule has 0 spiro atoms. The summed E-state index contributed by atoms with van der Waals surface area (Å²) in [6, 6.07) is 6.51. The van der Waals surface area contributed by atoms with E-state index in [0.29, 0.717) is 30.0 Å². The van der Waals surface area contributed by atoms with E-state index < -0.39 is 0 Å². The number of hydrogen-bond acceptors (Lipinski definition) is 3. The van der Waals surface area contributed by atoms with Crippen LogP contribution < -0.4 is 16.2 Å². The van der Waals surface area contributed by atoms with Crippen LogP contribution in [0.15, 0.2) is 24.3 Å². The maximum Gasteiger partial charge on any atom is 0.269 e. The van der Waals surface area contributed by atoms with Crippen molar-refractivity contribution in [2.24, 2.45) is 5.92 Å². The lowest BCUT2D eigenvalue weighted by molar-refractivity contribution is -0.122. The van der Waals surface area contributed by atoms with E-state index in [0.717, 1.165) is 12.8 Å². The fourth-order valence-electron chi connectivity index (χ4n) is 2.68. The second-order valence-electron chi connectivity index (χ2n) is 5.84. The Morgan fingerprint density at radius 3 is 2.26 bits per heavy atom. The third kappa shape index (κ3) is 5.39. The lowest BCUT2D eigenvalue weighted by atomic mass is 10.0. The fourth-order valence-corrected chi connectivity index (χ4v) is 2.68. The lowest BCUT2D eigenvalue weighted by Crippen LogP contribution is -2.42. The molecule has 0 atom stereocenters. The van der Waals surface area contributed by atoms with Crippen molar-refractivity contribution in [3.05, 3.63) is 29.8 Å². The monoisotopic (exact) mass is 317 g/mol. The van der Waals surface area contributed by atoms with E-state index in [1.54, 1.807) is 31.2 Å². The number of hydrogen-bond donors (Lipinski definition) is 3. The molecule has 3 N–H and O–H groups in total. The van der Waals surface area contributed by atoms with Crippen LogP contribution in [0, 0.1) is 5.92 Å². The number of benzene rings is 1. The summed E-state index contributed by atoms with van der Waals surface area (Å²) in [5.41, 5.74) is 5.93. The van der Waals surface area contributed by atoms with Crippen LogP contribution in [0.25, 0.3) is 0 Å². The molecule has 1 aromatic carbocycles. The number of rotatable bonds is 5. The highest BCUT2D eigenvalue weighted by atomic mass is 16.2. The molecule has 6 nitrogen and oxygen atoms in total. The second-order valence-corrected chi connectivity index (χ2v) is 5.84. The van der Waals surface area contributed by atoms with Gasteiger partial charge in [-0.3, -0.25) is 25.2 Å². The van der Waals surface area contributed by atoms with Gasteiger partial charge in [-0.15, -0.1) is 0 Å². The average Bonchev–Trinajstić information content (AvgIpc) is 3.06. The largest absolute Gasteiger partial charge is 0.326 e. The minimum absolute atomic E-state index is 0.0821. The summed E-state index contributed by atoms with van der Waals surface area (Å²) in [6.07, 6.45) is 5.41. The summed E-state index contributed by atoms with van der Waals surface area (Å²) in [5, 5.41) is 2.71. The van der Waals surface area contributed by atoms with Gasteiger partial charge in [0.2, 0.25) is 11.8 Å². The van der Waals surface area contributed by atoms with E-state index >= 15 is 0 Å². The SMILES string of the molecule is CCC(=O)Nc1ccc(C(=O)NNC(=O)CC2CCCC2)cc1. The second kappa shape index (κ2) is 8.31. The molecule has 1 fully saturated rings. The Kier molecular flexibility index (Phi) is 6.14. The molecule has 0 aliphatic heterocycles. The van der Waals surface area contributed by atoms with Crippen molar-refractivity contribution in [2.45, 2.75) is 45.4 Å². The average molecular weight is 317 g/mol. The topological polar surface area (TPSA) is 87.3 Å². The standard InChI is InChI=1S/C17H23N3O3/c1-2-15(21)18-14-9-7-13(8-10-14)17(23)20-19-16(22)11-12-5-3-4-6-12/h7-10,12H,2-6,11H2,1H3,(H,18,21)(H,19,22)(H,20,23). The molecule has 0 saturated heterocycles. The lowest BCUT2D eigenvalue weighted by Gasteiger charge is -2.11. The zero-order valence-corrected chi connectivity index (χ0v) is 13.4. The Labute approximate surface area is 136 Å². The summed E-state index contributed by atoms with van der Waals surface area (Å²) in [7, 11) is 0. The predicted molar refractivity (Wildman–Crippen MR) is 87.5 cm³/mol. The van der Waals surface area contributed by atoms with Gasteiger partial charge in [-0.25, -0.2) is 0 Å². The Hall–Kier alpha value is -2.37. The van der Waals surface area contributed by atoms with Crippen LogP contribution in [0.1, 0.15) is 55.8 Å². The molecule has 3 amide bonds. The van der Waals surface area contributed by atoms with Gasteiger partial charge in [0.25, 0.3) is 5.91 Å². The van der Waals surface area contributed by atoms with Crippen LogP contribution in [-0.4, -0.2) is 17.7 Å². The Morgan fingerprint density at radius 2 is 1.65 bits per heavy atom. The van der Waals surface area contributed by atoms with Crippen molar-refractivity contribution in [1.82, 2.24) is 10.9 Å². The number of carbonyl (C=O) groups is 3. The first-order valence-electron chi connectivity index (χ1n) is 8.07. The molecule has 0 bridgehead atoms. The molecule has 124 valence electrons. The number of hydrazine groups is 1. The maximum absolute atomic E-state index is 12.0. The molecule has 0 unspecified atom stereocenters. The van der Waals surface area contributed by atoms with Gasteiger partial charge in [0.15, 0.2) is 0 Å². The van der Waals surface area contributed by atoms with Crippen LogP contribution in [0.4, 0.5) is 5.69 Å². The van der Waals surface area contributed by atoms with Gasteiger partial charge in [0.1, 0.15) is 0 Å². The molecular formula is C17H23N3O3. The van der Waals surface area contributed by atoms with E-state index in [1.165, 1.54) is 12.8 Å². The minimum atomic E-state index is -0.377. The van der Waals surface area contributed by atoms with E-state index in [1.807, 2.05) is 0 Å². The highest BCUT2D eigenvalue weighted by Crippen LogP contribution is 2.27. The predicted octanol–water partition coefficient (Wildman–Crippen LogP) is 2.38. The zero-order valence-electron chi connectivity index (χ0n) is 13.4. The number of carbonyl (C=O) groups excluding carboxylic acids is 3. The van der Waals surface area contributed by atoms with Crippen molar-refractivity contribution in [3.8, 4) is 0 Å². The Morgan fingerprint density at radius 1 is 1.00 bits per heavy atom. The highest BCUT2D eigenvalue weighted by Gasteiger charge is 2.18. The van der Waals surface area contributed by atoms with Crippen LogP contribution >= 0.6 is 0 Å². The summed E-state index contributed by atoms with van der Waals surface area (Å²) in [5.74, 6) is -0.176. The van der Waals surface area contributed by atoms with Gasteiger partial charge in [-0.1, -0.05) is 19.8 Å². The Balaban J connectivity index is 1.78. The smallest absolute Gasteiger partial charge is 0.269 e. The van der Waals surface area contributed by atoms with E-state index in [9.17, 15) is 14.4 Å². The van der Waals surface area contributed by atoms with E-state index in [2.05, 4.69) is 16.2 Å². The molecule has 0 aromatic heterocycles. The zero-order chi connectivity index (χ0) is 16.7. The van der Waals surface area contributed by atoms with Gasteiger partial charge in [-0.05, 0) is 43.0 Å². The van der Waals surface area contributed by atoms with Gasteiger partial charge >= 0.3 is 0 Å². The molecule has 1 aliphatic rings. The normalized spacial score (nSPS) is 14.3. The highest BCUT2D eigenvalue weighted by molar-refractivity contribution is 5.96.